The Balaban J connectivity index is 1.66. The second kappa shape index (κ2) is 5.29. The third-order valence-corrected chi connectivity index (χ3v) is 3.67. The molecule has 20 heavy (non-hydrogen) atoms. The van der Waals surface area contributed by atoms with Gasteiger partial charge in [0.05, 0.1) is 11.8 Å². The number of aromatic nitrogens is 1. The lowest BCUT2D eigenvalue weighted by molar-refractivity contribution is -0.0553. The van der Waals surface area contributed by atoms with Crippen LogP contribution in [0.1, 0.15) is 26.7 Å². The van der Waals surface area contributed by atoms with Gasteiger partial charge in [-0.15, -0.1) is 0 Å². The minimum atomic E-state index is -0.0320. The van der Waals surface area contributed by atoms with Gasteiger partial charge < -0.3 is 14.5 Å². The fourth-order valence-corrected chi connectivity index (χ4v) is 2.68. The first-order valence-electron chi connectivity index (χ1n) is 7.02. The zero-order valence-corrected chi connectivity index (χ0v) is 11.9. The molecule has 1 aliphatic rings. The van der Waals surface area contributed by atoms with Crippen molar-refractivity contribution < 1.29 is 9.15 Å². The number of benzene rings is 1. The van der Waals surface area contributed by atoms with E-state index in [4.69, 9.17) is 9.15 Å². The summed E-state index contributed by atoms with van der Waals surface area (Å²) in [6, 6.07) is 8.73. The van der Waals surface area contributed by atoms with E-state index in [0.717, 1.165) is 36.5 Å². The second-order valence-corrected chi connectivity index (χ2v) is 5.89. The Hall–Kier alpha value is -1.81. The van der Waals surface area contributed by atoms with Crippen LogP contribution >= 0.6 is 0 Å². The number of nitrogens with zero attached hydrogens (tertiary/aromatic N) is 1. The highest BCUT2D eigenvalue weighted by molar-refractivity contribution is 5.60. The van der Waals surface area contributed by atoms with Gasteiger partial charge in [0.25, 0.3) is 0 Å². The average molecular weight is 272 g/mol. The molecule has 3 rings (SSSR count). The molecule has 2 aromatic rings. The number of nitrogens with one attached hydrogen (secondary N) is 1. The molecular formula is C16H20N2O2. The molecule has 1 saturated heterocycles. The van der Waals surface area contributed by atoms with Gasteiger partial charge in [0.1, 0.15) is 0 Å². The Morgan fingerprint density at radius 3 is 2.70 bits per heavy atom. The Bertz CT molecular complexity index is 546. The van der Waals surface area contributed by atoms with E-state index in [0.29, 0.717) is 6.04 Å². The van der Waals surface area contributed by atoms with E-state index in [-0.39, 0.29) is 5.60 Å². The molecule has 2 heterocycles. The fraction of sp³-hybridized carbons (Fsp3) is 0.438. The normalized spacial score (nSPS) is 21.6. The van der Waals surface area contributed by atoms with E-state index in [2.05, 4.69) is 36.3 Å². The lowest BCUT2D eigenvalue weighted by atomic mass is 9.94. The third-order valence-electron chi connectivity index (χ3n) is 3.67. The molecule has 4 nitrogen and oxygen atoms in total. The Morgan fingerprint density at radius 1 is 1.25 bits per heavy atom. The number of oxazole rings is 1. The zero-order chi connectivity index (χ0) is 14.0. The summed E-state index contributed by atoms with van der Waals surface area (Å²) in [6.07, 6.45) is 5.25. The molecule has 4 heteroatoms. The molecule has 0 aliphatic carbocycles. The smallest absolute Gasteiger partial charge is 0.181 e. The van der Waals surface area contributed by atoms with Crippen molar-refractivity contribution in [2.45, 2.75) is 38.3 Å². The van der Waals surface area contributed by atoms with Gasteiger partial charge in [-0.3, -0.25) is 0 Å². The summed E-state index contributed by atoms with van der Waals surface area (Å²) in [6.45, 7) is 5.11. The highest BCUT2D eigenvalue weighted by Crippen LogP contribution is 2.27. The predicted octanol–water partition coefficient (Wildman–Crippen LogP) is 3.71. The number of ether oxygens (including phenoxy) is 1. The number of hydrogen-bond donors (Lipinski definition) is 1. The molecule has 1 atom stereocenters. The van der Waals surface area contributed by atoms with Crippen molar-refractivity contribution in [3.05, 3.63) is 36.9 Å². The SMILES string of the molecule is CC1(C)CC(Nc2ccc(-c3cnco3)cc2)CCO1. The van der Waals surface area contributed by atoms with Crippen molar-refractivity contribution in [3.63, 3.8) is 0 Å². The van der Waals surface area contributed by atoms with Gasteiger partial charge in [-0.1, -0.05) is 0 Å². The van der Waals surface area contributed by atoms with Crippen LogP contribution in [-0.4, -0.2) is 23.2 Å². The van der Waals surface area contributed by atoms with Crippen LogP contribution in [0.2, 0.25) is 0 Å². The van der Waals surface area contributed by atoms with Crippen LogP contribution in [0.3, 0.4) is 0 Å². The van der Waals surface area contributed by atoms with E-state index in [1.165, 1.54) is 6.39 Å². The quantitative estimate of drug-likeness (QED) is 0.925. The third kappa shape index (κ3) is 3.02. The summed E-state index contributed by atoms with van der Waals surface area (Å²) >= 11 is 0. The average Bonchev–Trinajstić information content (AvgIpc) is 2.92. The monoisotopic (exact) mass is 272 g/mol. The van der Waals surface area contributed by atoms with E-state index >= 15 is 0 Å². The Labute approximate surface area is 119 Å². The summed E-state index contributed by atoms with van der Waals surface area (Å²) in [5.74, 6) is 0.795. The van der Waals surface area contributed by atoms with Gasteiger partial charge in [-0.05, 0) is 51.0 Å². The highest BCUT2D eigenvalue weighted by Gasteiger charge is 2.28. The first kappa shape index (κ1) is 13.2. The maximum absolute atomic E-state index is 5.74. The molecule has 0 radical (unpaired) electrons. The van der Waals surface area contributed by atoms with Crippen LogP contribution in [0, 0.1) is 0 Å². The van der Waals surface area contributed by atoms with Crippen molar-refractivity contribution >= 4 is 5.69 Å². The zero-order valence-electron chi connectivity index (χ0n) is 11.9. The first-order chi connectivity index (χ1) is 9.62. The molecule has 1 fully saturated rings. The van der Waals surface area contributed by atoms with E-state index in [1.54, 1.807) is 6.20 Å². The van der Waals surface area contributed by atoms with Crippen LogP contribution < -0.4 is 5.32 Å². The second-order valence-electron chi connectivity index (χ2n) is 5.89. The van der Waals surface area contributed by atoms with Gasteiger partial charge in [0.2, 0.25) is 0 Å². The van der Waals surface area contributed by atoms with Gasteiger partial charge in [0.15, 0.2) is 12.2 Å². The lowest BCUT2D eigenvalue weighted by Gasteiger charge is -2.36. The maximum Gasteiger partial charge on any atom is 0.181 e. The minimum absolute atomic E-state index is 0.0320. The van der Waals surface area contributed by atoms with Gasteiger partial charge in [-0.25, -0.2) is 4.98 Å². The molecule has 0 saturated carbocycles. The van der Waals surface area contributed by atoms with Crippen LogP contribution in [-0.2, 0) is 4.74 Å². The summed E-state index contributed by atoms with van der Waals surface area (Å²) in [5, 5.41) is 3.58. The standard InChI is InChI=1S/C16H20N2O2/c1-16(2)9-14(7-8-20-16)18-13-5-3-12(4-6-13)15-10-17-11-19-15/h3-6,10-11,14,18H,7-9H2,1-2H3. The Kier molecular flexibility index (Phi) is 3.49. The van der Waals surface area contributed by atoms with Crippen molar-refractivity contribution in [3.8, 4) is 11.3 Å². The fourth-order valence-electron chi connectivity index (χ4n) is 2.68. The summed E-state index contributed by atoms with van der Waals surface area (Å²) in [4.78, 5) is 3.93. The molecule has 0 spiro atoms. The first-order valence-corrected chi connectivity index (χ1v) is 7.02. The molecule has 1 aromatic carbocycles. The molecule has 106 valence electrons. The van der Waals surface area contributed by atoms with Crippen LogP contribution in [0.15, 0.2) is 41.3 Å². The molecule has 0 amide bonds. The van der Waals surface area contributed by atoms with Crippen molar-refractivity contribution in [2.75, 3.05) is 11.9 Å². The van der Waals surface area contributed by atoms with E-state index in [1.807, 2.05) is 12.1 Å². The molecule has 1 aliphatic heterocycles. The summed E-state index contributed by atoms with van der Waals surface area (Å²) < 4.78 is 11.0. The topological polar surface area (TPSA) is 47.3 Å². The van der Waals surface area contributed by atoms with E-state index in [9.17, 15) is 0 Å². The van der Waals surface area contributed by atoms with E-state index < -0.39 is 0 Å². The van der Waals surface area contributed by atoms with Gasteiger partial charge in [0, 0.05) is 23.9 Å². The summed E-state index contributed by atoms with van der Waals surface area (Å²) in [7, 11) is 0. The molecule has 1 N–H and O–H groups in total. The minimum Gasteiger partial charge on any atom is -0.444 e. The number of rotatable bonds is 3. The predicted molar refractivity (Wildman–Crippen MR) is 78.6 cm³/mol. The van der Waals surface area contributed by atoms with Gasteiger partial charge in [-0.2, -0.15) is 0 Å². The largest absolute Gasteiger partial charge is 0.444 e. The Morgan fingerprint density at radius 2 is 2.05 bits per heavy atom. The van der Waals surface area contributed by atoms with Crippen molar-refractivity contribution in [2.24, 2.45) is 0 Å². The van der Waals surface area contributed by atoms with Crippen LogP contribution in [0.4, 0.5) is 5.69 Å². The van der Waals surface area contributed by atoms with Gasteiger partial charge >= 0.3 is 0 Å². The highest BCUT2D eigenvalue weighted by atomic mass is 16.5. The van der Waals surface area contributed by atoms with Crippen molar-refractivity contribution in [1.82, 2.24) is 4.98 Å². The molecule has 0 bridgehead atoms. The maximum atomic E-state index is 5.74. The molecular weight excluding hydrogens is 252 g/mol. The summed E-state index contributed by atoms with van der Waals surface area (Å²) in [5.41, 5.74) is 2.15. The number of anilines is 1. The lowest BCUT2D eigenvalue weighted by Crippen LogP contribution is -2.40. The van der Waals surface area contributed by atoms with Crippen LogP contribution in [0.25, 0.3) is 11.3 Å². The molecule has 1 aromatic heterocycles. The van der Waals surface area contributed by atoms with Crippen molar-refractivity contribution in [1.29, 1.82) is 0 Å². The molecule has 1 unspecified atom stereocenters. The number of hydrogen-bond acceptors (Lipinski definition) is 4. The van der Waals surface area contributed by atoms with Crippen LogP contribution in [0.5, 0.6) is 0 Å².